The monoisotopic (exact) mass is 184 g/mol. The molecule has 0 aromatic rings. The summed E-state index contributed by atoms with van der Waals surface area (Å²) in [4.78, 5) is 0. The summed E-state index contributed by atoms with van der Waals surface area (Å²) in [5.74, 6) is -9.44. The van der Waals surface area contributed by atoms with Gasteiger partial charge in [-0.3, -0.25) is 0 Å². The maximum Gasteiger partial charge on any atom is 0.307 e. The van der Waals surface area contributed by atoms with Crippen molar-refractivity contribution in [2.24, 2.45) is 11.8 Å². The quantitative estimate of drug-likeness (QED) is 0.714. The van der Waals surface area contributed by atoms with Crippen molar-refractivity contribution in [3.05, 3.63) is 0 Å². The molecule has 0 aromatic carbocycles. The number of halogens is 3. The molecule has 0 bridgehead atoms. The van der Waals surface area contributed by atoms with Crippen molar-refractivity contribution >= 4 is 0 Å². The lowest BCUT2D eigenvalue weighted by Crippen LogP contribution is -2.51. The molecule has 1 nitrogen and oxygen atoms in total. The maximum absolute atomic E-state index is 13.0. The summed E-state index contributed by atoms with van der Waals surface area (Å²) in [5.41, 5.74) is 0. The van der Waals surface area contributed by atoms with E-state index in [1.165, 1.54) is 27.7 Å². The standard InChI is InChI=1S/C8H15F3O/c1-5(2)7(9,10)8(11,12)6(3)4/h5-6,12H,1-4H3. The van der Waals surface area contributed by atoms with Gasteiger partial charge in [0, 0.05) is 11.8 Å². The summed E-state index contributed by atoms with van der Waals surface area (Å²) in [7, 11) is 0. The average Bonchev–Trinajstić information content (AvgIpc) is 1.86. The lowest BCUT2D eigenvalue weighted by molar-refractivity contribution is -0.290. The number of hydrogen-bond donors (Lipinski definition) is 1. The van der Waals surface area contributed by atoms with Crippen LogP contribution in [0.15, 0.2) is 0 Å². The molecule has 0 amide bonds. The summed E-state index contributed by atoms with van der Waals surface area (Å²) >= 11 is 0. The van der Waals surface area contributed by atoms with E-state index in [2.05, 4.69) is 0 Å². The van der Waals surface area contributed by atoms with Crippen LogP contribution in [-0.2, 0) is 0 Å². The zero-order chi connectivity index (χ0) is 10.2. The van der Waals surface area contributed by atoms with Crippen molar-refractivity contribution in [2.75, 3.05) is 0 Å². The van der Waals surface area contributed by atoms with E-state index in [-0.39, 0.29) is 0 Å². The van der Waals surface area contributed by atoms with Crippen LogP contribution in [0.25, 0.3) is 0 Å². The molecule has 1 atom stereocenters. The first-order chi connectivity index (χ1) is 5.14. The van der Waals surface area contributed by atoms with Gasteiger partial charge < -0.3 is 5.11 Å². The van der Waals surface area contributed by atoms with Crippen LogP contribution >= 0.6 is 0 Å². The van der Waals surface area contributed by atoms with Gasteiger partial charge in [-0.2, -0.15) is 8.78 Å². The predicted octanol–water partition coefficient (Wildman–Crippen LogP) is 2.59. The Morgan fingerprint density at radius 1 is 0.917 bits per heavy atom. The summed E-state index contributed by atoms with van der Waals surface area (Å²) in [6.07, 6.45) is 0. The topological polar surface area (TPSA) is 20.2 Å². The Morgan fingerprint density at radius 3 is 1.33 bits per heavy atom. The van der Waals surface area contributed by atoms with Gasteiger partial charge in [0.05, 0.1) is 0 Å². The van der Waals surface area contributed by atoms with Gasteiger partial charge in [-0.1, -0.05) is 27.7 Å². The van der Waals surface area contributed by atoms with Crippen LogP contribution in [0.3, 0.4) is 0 Å². The third-order valence-corrected chi connectivity index (χ3v) is 1.96. The van der Waals surface area contributed by atoms with E-state index < -0.39 is 23.6 Å². The molecule has 0 radical (unpaired) electrons. The molecular weight excluding hydrogens is 169 g/mol. The van der Waals surface area contributed by atoms with Gasteiger partial charge in [-0.25, -0.2) is 4.39 Å². The predicted molar refractivity (Wildman–Crippen MR) is 40.7 cm³/mol. The molecule has 12 heavy (non-hydrogen) atoms. The first-order valence-electron chi connectivity index (χ1n) is 3.93. The van der Waals surface area contributed by atoms with E-state index >= 15 is 0 Å². The second-order valence-electron chi connectivity index (χ2n) is 3.61. The van der Waals surface area contributed by atoms with E-state index in [0.717, 1.165) is 0 Å². The fraction of sp³-hybridized carbons (Fsp3) is 1.00. The minimum Gasteiger partial charge on any atom is -0.357 e. The molecule has 0 saturated carbocycles. The van der Waals surface area contributed by atoms with E-state index in [0.29, 0.717) is 0 Å². The van der Waals surface area contributed by atoms with Crippen LogP contribution in [0.2, 0.25) is 0 Å². The molecular formula is C8H15F3O. The molecule has 0 aliphatic carbocycles. The van der Waals surface area contributed by atoms with Gasteiger partial charge in [0.25, 0.3) is 5.85 Å². The molecule has 1 unspecified atom stereocenters. The van der Waals surface area contributed by atoms with Gasteiger partial charge in [-0.05, 0) is 0 Å². The molecule has 1 N–H and O–H groups in total. The zero-order valence-electron chi connectivity index (χ0n) is 7.74. The largest absolute Gasteiger partial charge is 0.357 e. The second-order valence-corrected chi connectivity index (χ2v) is 3.61. The van der Waals surface area contributed by atoms with Crippen LogP contribution in [0.5, 0.6) is 0 Å². The zero-order valence-corrected chi connectivity index (χ0v) is 7.74. The summed E-state index contributed by atoms with van der Waals surface area (Å²) in [5, 5.41) is 8.87. The SMILES string of the molecule is CC(C)C(O)(F)C(F)(F)C(C)C. The fourth-order valence-corrected chi connectivity index (χ4v) is 0.790. The Labute approximate surface area is 70.6 Å². The van der Waals surface area contributed by atoms with E-state index in [1.807, 2.05) is 0 Å². The van der Waals surface area contributed by atoms with Crippen LogP contribution in [0.4, 0.5) is 13.2 Å². The average molecular weight is 184 g/mol. The summed E-state index contributed by atoms with van der Waals surface area (Å²) < 4.78 is 38.9. The molecule has 0 aromatic heterocycles. The minimum atomic E-state index is -3.69. The molecule has 0 aliphatic rings. The van der Waals surface area contributed by atoms with Gasteiger partial charge in [0.2, 0.25) is 0 Å². The van der Waals surface area contributed by atoms with Crippen LogP contribution in [-0.4, -0.2) is 16.9 Å². The van der Waals surface area contributed by atoms with Gasteiger partial charge in [0.1, 0.15) is 0 Å². The van der Waals surface area contributed by atoms with Crippen molar-refractivity contribution in [1.29, 1.82) is 0 Å². The Balaban J connectivity index is 4.75. The first kappa shape index (κ1) is 11.8. The van der Waals surface area contributed by atoms with Crippen LogP contribution in [0.1, 0.15) is 27.7 Å². The highest BCUT2D eigenvalue weighted by molar-refractivity contribution is 4.88. The van der Waals surface area contributed by atoms with Crippen molar-refractivity contribution in [3.63, 3.8) is 0 Å². The highest BCUT2D eigenvalue weighted by Crippen LogP contribution is 2.41. The van der Waals surface area contributed by atoms with Crippen molar-refractivity contribution in [2.45, 2.75) is 39.5 Å². The number of hydrogen-bond acceptors (Lipinski definition) is 1. The van der Waals surface area contributed by atoms with Gasteiger partial charge in [0.15, 0.2) is 0 Å². The van der Waals surface area contributed by atoms with Crippen LogP contribution in [0, 0.1) is 11.8 Å². The van der Waals surface area contributed by atoms with Crippen molar-refractivity contribution in [3.8, 4) is 0 Å². The van der Waals surface area contributed by atoms with Gasteiger partial charge in [-0.15, -0.1) is 0 Å². The Hall–Kier alpha value is -0.250. The Morgan fingerprint density at radius 2 is 1.25 bits per heavy atom. The summed E-state index contributed by atoms with van der Waals surface area (Å²) in [6.45, 7) is 4.78. The van der Waals surface area contributed by atoms with Gasteiger partial charge >= 0.3 is 5.92 Å². The van der Waals surface area contributed by atoms with Crippen molar-refractivity contribution < 1.29 is 18.3 Å². The lowest BCUT2D eigenvalue weighted by Gasteiger charge is -2.34. The molecule has 0 spiro atoms. The second kappa shape index (κ2) is 3.24. The normalized spacial score (nSPS) is 18.5. The molecule has 0 aliphatic heterocycles. The molecule has 0 heterocycles. The van der Waals surface area contributed by atoms with Crippen molar-refractivity contribution in [1.82, 2.24) is 0 Å². The van der Waals surface area contributed by atoms with E-state index in [4.69, 9.17) is 5.11 Å². The van der Waals surface area contributed by atoms with E-state index in [1.54, 1.807) is 0 Å². The molecule has 0 rings (SSSR count). The Kier molecular flexibility index (Phi) is 3.18. The minimum absolute atomic E-state index is 1.12. The highest BCUT2D eigenvalue weighted by atomic mass is 19.3. The lowest BCUT2D eigenvalue weighted by atomic mass is 9.90. The van der Waals surface area contributed by atoms with Crippen LogP contribution < -0.4 is 0 Å². The number of alkyl halides is 3. The molecule has 4 heteroatoms. The third kappa shape index (κ3) is 1.73. The fourth-order valence-electron chi connectivity index (χ4n) is 0.790. The molecule has 74 valence electrons. The smallest absolute Gasteiger partial charge is 0.307 e. The molecule has 0 saturated heterocycles. The molecule has 0 fully saturated rings. The number of aliphatic hydroxyl groups is 1. The highest BCUT2D eigenvalue weighted by Gasteiger charge is 2.57. The Bertz CT molecular complexity index is 134. The van der Waals surface area contributed by atoms with E-state index in [9.17, 15) is 13.2 Å². The number of rotatable bonds is 3. The summed E-state index contributed by atoms with van der Waals surface area (Å²) in [6, 6.07) is 0. The maximum atomic E-state index is 13.0. The third-order valence-electron chi connectivity index (χ3n) is 1.96. The first-order valence-corrected chi connectivity index (χ1v) is 3.93.